The first kappa shape index (κ1) is 22.9. The van der Waals surface area contributed by atoms with Crippen LogP contribution in [0, 0.1) is 0 Å². The average molecular weight is 499 g/mol. The Balaban J connectivity index is 1.48. The van der Waals surface area contributed by atoms with E-state index < -0.39 is 0 Å². The molecule has 2 aliphatic heterocycles. The maximum atomic E-state index is 14.0. The number of amides is 2. The molecular weight excluding hydrogens is 468 g/mol. The first-order chi connectivity index (χ1) is 17.7. The van der Waals surface area contributed by atoms with Gasteiger partial charge in [0.1, 0.15) is 10.8 Å². The number of thiophene rings is 1. The van der Waals surface area contributed by atoms with Gasteiger partial charge < -0.3 is 19.5 Å². The van der Waals surface area contributed by atoms with Crippen molar-refractivity contribution in [1.82, 2.24) is 14.4 Å². The first-order valence-electron chi connectivity index (χ1n) is 12.5. The molecule has 0 fully saturated rings. The normalized spacial score (nSPS) is 17.1. The Labute approximate surface area is 215 Å². The number of methoxy groups -OCH3 is 1. The zero-order valence-corrected chi connectivity index (χ0v) is 21.4. The minimum Gasteiger partial charge on any atom is -0.495 e. The summed E-state index contributed by atoms with van der Waals surface area (Å²) in [4.78, 5) is 20.0. The molecule has 0 spiro atoms. The van der Waals surface area contributed by atoms with E-state index in [0.717, 1.165) is 37.3 Å². The van der Waals surface area contributed by atoms with E-state index in [4.69, 9.17) is 4.74 Å². The fourth-order valence-corrected chi connectivity index (χ4v) is 6.87. The molecule has 0 bridgehead atoms. The molecule has 184 valence electrons. The molecule has 0 radical (unpaired) electrons. The standard InChI is InChI=1S/C29H30N4O2S/c1-3-31-17-15-21-22-18-33(29(34)30-23-12-7-8-14-25(23)35-2)27(20-10-5-4-6-11-20)24-13-9-16-32(24)28(22)36-26(21)19-31/h4-14,16,27H,3,15,17-19H2,1-2H3,(H,30,34). The fraction of sp³-hybridized carbons (Fsp3) is 0.276. The summed E-state index contributed by atoms with van der Waals surface area (Å²) in [6.45, 7) is 5.87. The van der Waals surface area contributed by atoms with Crippen LogP contribution in [-0.2, 0) is 19.5 Å². The van der Waals surface area contributed by atoms with Crippen LogP contribution >= 0.6 is 11.3 Å². The highest BCUT2D eigenvalue weighted by atomic mass is 32.1. The Morgan fingerprint density at radius 2 is 1.83 bits per heavy atom. The van der Waals surface area contributed by atoms with Gasteiger partial charge in [0.2, 0.25) is 0 Å². The Bertz CT molecular complexity index is 1390. The van der Waals surface area contributed by atoms with Crippen molar-refractivity contribution in [3.05, 3.63) is 100 Å². The minimum atomic E-state index is -0.220. The second-order valence-corrected chi connectivity index (χ2v) is 10.4. The van der Waals surface area contributed by atoms with Crippen molar-refractivity contribution in [2.24, 2.45) is 0 Å². The number of para-hydroxylation sites is 2. The quantitative estimate of drug-likeness (QED) is 0.372. The number of rotatable bonds is 4. The molecule has 2 amide bonds. The number of nitrogens with zero attached hydrogens (tertiary/aromatic N) is 3. The molecule has 1 unspecified atom stereocenters. The molecule has 36 heavy (non-hydrogen) atoms. The van der Waals surface area contributed by atoms with Gasteiger partial charge in [-0.3, -0.25) is 4.90 Å². The Hall–Kier alpha value is -3.55. The number of ether oxygens (including phenoxy) is 1. The number of carbonyl (C=O) groups is 1. The molecule has 6 rings (SSSR count). The number of urea groups is 1. The lowest BCUT2D eigenvalue weighted by molar-refractivity contribution is 0.194. The average Bonchev–Trinajstić information content (AvgIpc) is 3.50. The summed E-state index contributed by atoms with van der Waals surface area (Å²) in [6.07, 6.45) is 3.16. The molecular formula is C29H30N4O2S. The molecule has 0 aliphatic carbocycles. The second kappa shape index (κ2) is 9.48. The zero-order chi connectivity index (χ0) is 24.6. The van der Waals surface area contributed by atoms with E-state index in [2.05, 4.69) is 52.2 Å². The molecule has 2 aliphatic rings. The van der Waals surface area contributed by atoms with Gasteiger partial charge in [0.05, 0.1) is 31.1 Å². The van der Waals surface area contributed by atoms with Gasteiger partial charge in [0, 0.05) is 29.7 Å². The van der Waals surface area contributed by atoms with Crippen molar-refractivity contribution >= 4 is 23.1 Å². The van der Waals surface area contributed by atoms with E-state index in [1.165, 1.54) is 21.0 Å². The lowest BCUT2D eigenvalue weighted by Gasteiger charge is -2.32. The van der Waals surface area contributed by atoms with E-state index in [1.807, 2.05) is 58.7 Å². The van der Waals surface area contributed by atoms with Crippen LogP contribution in [0.4, 0.5) is 10.5 Å². The summed E-state index contributed by atoms with van der Waals surface area (Å²) < 4.78 is 7.82. The van der Waals surface area contributed by atoms with Crippen LogP contribution in [0.3, 0.4) is 0 Å². The van der Waals surface area contributed by atoms with Crippen LogP contribution in [0.2, 0.25) is 0 Å². The number of likely N-dealkylation sites (N-methyl/N-ethyl adjacent to an activating group) is 1. The molecule has 2 aromatic carbocycles. The van der Waals surface area contributed by atoms with Crippen molar-refractivity contribution in [1.29, 1.82) is 0 Å². The third-order valence-electron chi connectivity index (χ3n) is 7.32. The summed E-state index contributed by atoms with van der Waals surface area (Å²) in [7, 11) is 1.63. The maximum Gasteiger partial charge on any atom is 0.323 e. The van der Waals surface area contributed by atoms with Gasteiger partial charge >= 0.3 is 6.03 Å². The molecule has 0 saturated carbocycles. The number of hydrogen-bond donors (Lipinski definition) is 1. The van der Waals surface area contributed by atoms with E-state index in [9.17, 15) is 4.79 Å². The molecule has 4 heterocycles. The summed E-state index contributed by atoms with van der Waals surface area (Å²) in [6, 6.07) is 21.8. The van der Waals surface area contributed by atoms with E-state index >= 15 is 0 Å². The molecule has 1 N–H and O–H groups in total. The van der Waals surface area contributed by atoms with Gasteiger partial charge in [-0.1, -0.05) is 49.4 Å². The van der Waals surface area contributed by atoms with Crippen LogP contribution in [0.5, 0.6) is 5.75 Å². The predicted molar refractivity (Wildman–Crippen MR) is 144 cm³/mol. The van der Waals surface area contributed by atoms with Crippen LogP contribution in [0.25, 0.3) is 5.00 Å². The number of nitrogens with one attached hydrogen (secondary N) is 1. The highest BCUT2D eigenvalue weighted by Crippen LogP contribution is 2.43. The SMILES string of the molecule is CCN1CCc2c(sc3c2CN(C(=O)Nc2ccccc2OC)C(c2ccccc2)c2cccn2-3)C1. The summed E-state index contributed by atoms with van der Waals surface area (Å²) in [5.41, 5.74) is 5.55. The molecule has 6 nitrogen and oxygen atoms in total. The van der Waals surface area contributed by atoms with Gasteiger partial charge in [0.25, 0.3) is 0 Å². The van der Waals surface area contributed by atoms with Crippen LogP contribution in [-0.4, -0.2) is 40.6 Å². The van der Waals surface area contributed by atoms with Crippen molar-refractivity contribution in [3.63, 3.8) is 0 Å². The smallest absolute Gasteiger partial charge is 0.323 e. The summed E-state index contributed by atoms with van der Waals surface area (Å²) in [5, 5.41) is 4.39. The number of hydrogen-bond acceptors (Lipinski definition) is 4. The lowest BCUT2D eigenvalue weighted by Crippen LogP contribution is -2.38. The third kappa shape index (κ3) is 3.88. The highest BCUT2D eigenvalue weighted by molar-refractivity contribution is 7.15. The van der Waals surface area contributed by atoms with Crippen molar-refractivity contribution < 1.29 is 9.53 Å². The van der Waals surface area contributed by atoms with E-state index in [0.29, 0.717) is 18.0 Å². The molecule has 4 aromatic rings. The van der Waals surface area contributed by atoms with Gasteiger partial charge in [-0.25, -0.2) is 4.79 Å². The first-order valence-corrected chi connectivity index (χ1v) is 13.3. The lowest BCUT2D eigenvalue weighted by atomic mass is 10.00. The largest absolute Gasteiger partial charge is 0.495 e. The fourth-order valence-electron chi connectivity index (χ4n) is 5.47. The van der Waals surface area contributed by atoms with Gasteiger partial charge in [-0.15, -0.1) is 11.3 Å². The van der Waals surface area contributed by atoms with Crippen molar-refractivity contribution in [2.75, 3.05) is 25.5 Å². The molecule has 1 atom stereocenters. The molecule has 7 heteroatoms. The van der Waals surface area contributed by atoms with Gasteiger partial charge in [0.15, 0.2) is 0 Å². The molecule has 2 aromatic heterocycles. The topological polar surface area (TPSA) is 49.7 Å². The third-order valence-corrected chi connectivity index (χ3v) is 8.57. The van der Waals surface area contributed by atoms with Gasteiger partial charge in [-0.2, -0.15) is 0 Å². The number of aromatic nitrogens is 1. The Morgan fingerprint density at radius 3 is 2.64 bits per heavy atom. The van der Waals surface area contributed by atoms with Crippen molar-refractivity contribution in [3.8, 4) is 10.8 Å². The summed E-state index contributed by atoms with van der Waals surface area (Å²) in [5.74, 6) is 0.647. The highest BCUT2D eigenvalue weighted by Gasteiger charge is 2.36. The molecule has 0 saturated heterocycles. The van der Waals surface area contributed by atoms with Crippen LogP contribution in [0.15, 0.2) is 72.9 Å². The van der Waals surface area contributed by atoms with Crippen LogP contribution < -0.4 is 10.1 Å². The number of fused-ring (bicyclic) bond motifs is 5. The van der Waals surface area contributed by atoms with Gasteiger partial charge in [-0.05, 0) is 48.4 Å². The van der Waals surface area contributed by atoms with Crippen molar-refractivity contribution in [2.45, 2.75) is 32.5 Å². The maximum absolute atomic E-state index is 14.0. The van der Waals surface area contributed by atoms with E-state index in [-0.39, 0.29) is 12.1 Å². The number of carbonyl (C=O) groups excluding carboxylic acids is 1. The number of anilines is 1. The second-order valence-electron chi connectivity index (χ2n) is 9.28. The Kier molecular flexibility index (Phi) is 6.03. The number of benzene rings is 2. The monoisotopic (exact) mass is 498 g/mol. The summed E-state index contributed by atoms with van der Waals surface area (Å²) >= 11 is 1.88. The van der Waals surface area contributed by atoms with E-state index in [1.54, 1.807) is 7.11 Å². The zero-order valence-electron chi connectivity index (χ0n) is 20.6. The predicted octanol–water partition coefficient (Wildman–Crippen LogP) is 6.06. The Morgan fingerprint density at radius 1 is 1.03 bits per heavy atom. The minimum absolute atomic E-state index is 0.139. The van der Waals surface area contributed by atoms with Crippen LogP contribution in [0.1, 0.15) is 40.2 Å².